The Bertz CT molecular complexity index is 295. The first-order chi connectivity index (χ1) is 6.63. The lowest BCUT2D eigenvalue weighted by atomic mass is 10.2. The van der Waals surface area contributed by atoms with Gasteiger partial charge < -0.3 is 5.32 Å². The molecule has 0 aliphatic carbocycles. The third-order valence-corrected chi connectivity index (χ3v) is 1.94. The van der Waals surface area contributed by atoms with E-state index in [9.17, 15) is 0 Å². The molecule has 3 heteroatoms. The standard InChI is InChI=1S/C11H19N3/c1-5-6-12-10-7-9(4)13-11(14-10)8(2)3/h7-8H,5-6H2,1-4H3,(H,12,13,14). The Labute approximate surface area is 86.0 Å². The van der Waals surface area contributed by atoms with Gasteiger partial charge >= 0.3 is 0 Å². The summed E-state index contributed by atoms with van der Waals surface area (Å²) in [5.74, 6) is 2.25. The number of anilines is 1. The fraction of sp³-hybridized carbons (Fsp3) is 0.636. The molecule has 3 nitrogen and oxygen atoms in total. The number of aromatic nitrogens is 2. The van der Waals surface area contributed by atoms with E-state index in [-0.39, 0.29) is 0 Å². The maximum Gasteiger partial charge on any atom is 0.133 e. The molecule has 0 spiro atoms. The van der Waals surface area contributed by atoms with Crippen molar-refractivity contribution < 1.29 is 0 Å². The van der Waals surface area contributed by atoms with Crippen LogP contribution in [0.15, 0.2) is 6.07 Å². The summed E-state index contributed by atoms with van der Waals surface area (Å²) in [4.78, 5) is 8.84. The molecule has 0 aliphatic heterocycles. The van der Waals surface area contributed by atoms with Crippen molar-refractivity contribution in [1.82, 2.24) is 9.97 Å². The third-order valence-electron chi connectivity index (χ3n) is 1.94. The van der Waals surface area contributed by atoms with Gasteiger partial charge in [-0.15, -0.1) is 0 Å². The van der Waals surface area contributed by atoms with Crippen molar-refractivity contribution in [3.05, 3.63) is 17.6 Å². The van der Waals surface area contributed by atoms with Gasteiger partial charge in [0, 0.05) is 24.2 Å². The smallest absolute Gasteiger partial charge is 0.133 e. The molecule has 0 aromatic carbocycles. The Morgan fingerprint density at radius 2 is 2.07 bits per heavy atom. The lowest BCUT2D eigenvalue weighted by molar-refractivity contribution is 0.766. The van der Waals surface area contributed by atoms with Crippen LogP contribution in [0.1, 0.15) is 44.6 Å². The highest BCUT2D eigenvalue weighted by Crippen LogP contribution is 2.13. The minimum atomic E-state index is 0.386. The van der Waals surface area contributed by atoms with Crippen molar-refractivity contribution in [2.75, 3.05) is 11.9 Å². The van der Waals surface area contributed by atoms with Gasteiger partial charge in [-0.05, 0) is 13.3 Å². The van der Waals surface area contributed by atoms with Crippen molar-refractivity contribution in [2.24, 2.45) is 0 Å². The van der Waals surface area contributed by atoms with Crippen molar-refractivity contribution in [3.63, 3.8) is 0 Å². The molecule has 78 valence electrons. The van der Waals surface area contributed by atoms with Crippen LogP contribution in [0.5, 0.6) is 0 Å². The Kier molecular flexibility index (Phi) is 3.86. The van der Waals surface area contributed by atoms with Crippen LogP contribution in [0.2, 0.25) is 0 Å². The molecular formula is C11H19N3. The maximum atomic E-state index is 4.45. The van der Waals surface area contributed by atoms with Gasteiger partial charge in [0.2, 0.25) is 0 Å². The molecule has 14 heavy (non-hydrogen) atoms. The SMILES string of the molecule is CCCNc1cc(C)nc(C(C)C)n1. The Morgan fingerprint density at radius 1 is 1.36 bits per heavy atom. The van der Waals surface area contributed by atoms with Gasteiger partial charge in [0.1, 0.15) is 11.6 Å². The van der Waals surface area contributed by atoms with Gasteiger partial charge in [0.25, 0.3) is 0 Å². The second-order valence-electron chi connectivity index (χ2n) is 3.83. The van der Waals surface area contributed by atoms with E-state index >= 15 is 0 Å². The van der Waals surface area contributed by atoms with Gasteiger partial charge in [-0.25, -0.2) is 9.97 Å². The fourth-order valence-electron chi connectivity index (χ4n) is 1.19. The molecule has 0 bridgehead atoms. The Balaban J connectivity index is 2.84. The number of hydrogen-bond donors (Lipinski definition) is 1. The number of nitrogens with zero attached hydrogens (tertiary/aromatic N) is 2. The van der Waals surface area contributed by atoms with E-state index in [0.717, 1.165) is 30.3 Å². The lowest BCUT2D eigenvalue weighted by Gasteiger charge is -2.09. The third kappa shape index (κ3) is 2.98. The van der Waals surface area contributed by atoms with Crippen molar-refractivity contribution in [3.8, 4) is 0 Å². The zero-order chi connectivity index (χ0) is 10.6. The van der Waals surface area contributed by atoms with E-state index in [0.29, 0.717) is 5.92 Å². The molecule has 0 saturated carbocycles. The van der Waals surface area contributed by atoms with Gasteiger partial charge in [0.15, 0.2) is 0 Å². The van der Waals surface area contributed by atoms with Crippen LogP contribution in [0.3, 0.4) is 0 Å². The minimum absolute atomic E-state index is 0.386. The molecular weight excluding hydrogens is 174 g/mol. The Hall–Kier alpha value is -1.12. The van der Waals surface area contributed by atoms with Gasteiger partial charge in [0.05, 0.1) is 0 Å². The van der Waals surface area contributed by atoms with Crippen LogP contribution in [0.25, 0.3) is 0 Å². The van der Waals surface area contributed by atoms with Crippen molar-refractivity contribution in [2.45, 2.75) is 40.0 Å². The molecule has 0 atom stereocenters. The van der Waals surface area contributed by atoms with E-state index in [2.05, 4.69) is 36.1 Å². The molecule has 1 aromatic rings. The second kappa shape index (κ2) is 4.94. The summed E-state index contributed by atoms with van der Waals surface area (Å²) in [6.07, 6.45) is 1.11. The van der Waals surface area contributed by atoms with Crippen LogP contribution in [-0.4, -0.2) is 16.5 Å². The molecule has 1 N–H and O–H groups in total. The predicted octanol–water partition coefficient (Wildman–Crippen LogP) is 2.73. The Morgan fingerprint density at radius 3 is 2.64 bits per heavy atom. The number of nitrogens with one attached hydrogen (secondary N) is 1. The van der Waals surface area contributed by atoms with Crippen molar-refractivity contribution in [1.29, 1.82) is 0 Å². The highest BCUT2D eigenvalue weighted by molar-refractivity contribution is 5.35. The summed E-state index contributed by atoms with van der Waals surface area (Å²) in [5.41, 5.74) is 1.03. The summed E-state index contributed by atoms with van der Waals surface area (Å²) in [6, 6.07) is 1.99. The average molecular weight is 193 g/mol. The van der Waals surface area contributed by atoms with E-state index < -0.39 is 0 Å². The molecule has 1 rings (SSSR count). The highest BCUT2D eigenvalue weighted by Gasteiger charge is 2.05. The predicted molar refractivity (Wildman–Crippen MR) is 59.6 cm³/mol. The number of aryl methyl sites for hydroxylation is 1. The van der Waals surface area contributed by atoms with Crippen LogP contribution in [0, 0.1) is 6.92 Å². The number of rotatable bonds is 4. The summed E-state index contributed by atoms with van der Waals surface area (Å²) in [7, 11) is 0. The van der Waals surface area contributed by atoms with Crippen LogP contribution in [0.4, 0.5) is 5.82 Å². The first kappa shape index (κ1) is 11.0. The molecule has 0 unspecified atom stereocenters. The topological polar surface area (TPSA) is 37.8 Å². The quantitative estimate of drug-likeness (QED) is 0.799. The molecule has 1 aromatic heterocycles. The first-order valence-electron chi connectivity index (χ1n) is 5.23. The first-order valence-corrected chi connectivity index (χ1v) is 5.23. The fourth-order valence-corrected chi connectivity index (χ4v) is 1.19. The molecule has 0 aliphatic rings. The molecule has 0 fully saturated rings. The van der Waals surface area contributed by atoms with Crippen LogP contribution >= 0.6 is 0 Å². The van der Waals surface area contributed by atoms with Crippen molar-refractivity contribution >= 4 is 5.82 Å². The van der Waals surface area contributed by atoms with E-state index in [4.69, 9.17) is 0 Å². The molecule has 0 amide bonds. The van der Waals surface area contributed by atoms with Gasteiger partial charge in [-0.2, -0.15) is 0 Å². The summed E-state index contributed by atoms with van der Waals surface area (Å²) in [6.45, 7) is 9.33. The molecule has 1 heterocycles. The lowest BCUT2D eigenvalue weighted by Crippen LogP contribution is -2.06. The van der Waals surface area contributed by atoms with Crippen LogP contribution in [-0.2, 0) is 0 Å². The van der Waals surface area contributed by atoms with E-state index in [1.54, 1.807) is 0 Å². The minimum Gasteiger partial charge on any atom is -0.370 e. The van der Waals surface area contributed by atoms with Crippen LogP contribution < -0.4 is 5.32 Å². The zero-order valence-corrected chi connectivity index (χ0v) is 9.46. The number of hydrogen-bond acceptors (Lipinski definition) is 3. The summed E-state index contributed by atoms with van der Waals surface area (Å²) >= 11 is 0. The van der Waals surface area contributed by atoms with Gasteiger partial charge in [-0.3, -0.25) is 0 Å². The monoisotopic (exact) mass is 193 g/mol. The molecule has 0 radical (unpaired) electrons. The normalized spacial score (nSPS) is 10.6. The van der Waals surface area contributed by atoms with E-state index in [1.165, 1.54) is 0 Å². The largest absolute Gasteiger partial charge is 0.370 e. The van der Waals surface area contributed by atoms with E-state index in [1.807, 2.05) is 13.0 Å². The second-order valence-corrected chi connectivity index (χ2v) is 3.83. The highest BCUT2D eigenvalue weighted by atomic mass is 15.0. The average Bonchev–Trinajstić information content (AvgIpc) is 2.14. The summed E-state index contributed by atoms with van der Waals surface area (Å²) < 4.78 is 0. The van der Waals surface area contributed by atoms with Gasteiger partial charge in [-0.1, -0.05) is 20.8 Å². The summed E-state index contributed by atoms with van der Waals surface area (Å²) in [5, 5.41) is 3.28. The molecule has 0 saturated heterocycles. The maximum absolute atomic E-state index is 4.45. The zero-order valence-electron chi connectivity index (χ0n) is 9.46.